The maximum absolute atomic E-state index is 12.6. The molecule has 1 unspecified atom stereocenters. The van der Waals surface area contributed by atoms with Gasteiger partial charge in [0.25, 0.3) is 5.91 Å². The second-order valence-corrected chi connectivity index (χ2v) is 6.24. The highest BCUT2D eigenvalue weighted by Crippen LogP contribution is 2.26. The molecule has 4 heteroatoms. The number of nitrogens with two attached hydrogens (primary N) is 1. The van der Waals surface area contributed by atoms with E-state index in [1.807, 2.05) is 13.0 Å². The third-order valence-corrected chi connectivity index (χ3v) is 4.92. The number of amides is 1. The van der Waals surface area contributed by atoms with Gasteiger partial charge < -0.3 is 15.6 Å². The molecule has 3 N–H and O–H groups in total. The van der Waals surface area contributed by atoms with Crippen LogP contribution in [0.25, 0.3) is 0 Å². The molecule has 1 fully saturated rings. The van der Waals surface area contributed by atoms with Crippen LogP contribution in [-0.4, -0.2) is 23.1 Å². The van der Waals surface area contributed by atoms with Crippen LogP contribution in [0.4, 0.5) is 0 Å². The van der Waals surface area contributed by atoms with Crippen LogP contribution >= 0.6 is 0 Å². The Labute approximate surface area is 128 Å². The number of aryl methyl sites for hydroxylation is 1. The Morgan fingerprint density at radius 1 is 1.38 bits per heavy atom. The molecule has 4 nitrogen and oxygen atoms in total. The van der Waals surface area contributed by atoms with Crippen molar-refractivity contribution in [2.24, 2.45) is 11.7 Å². The number of aromatic nitrogens is 1. The maximum atomic E-state index is 12.6. The fourth-order valence-corrected chi connectivity index (χ4v) is 3.67. The van der Waals surface area contributed by atoms with E-state index in [2.05, 4.69) is 23.7 Å². The van der Waals surface area contributed by atoms with Crippen molar-refractivity contribution in [3.8, 4) is 0 Å². The van der Waals surface area contributed by atoms with E-state index in [1.165, 1.54) is 32.1 Å². The second-order valence-electron chi connectivity index (χ2n) is 6.24. The van der Waals surface area contributed by atoms with Gasteiger partial charge in [0.2, 0.25) is 0 Å². The molecule has 1 aliphatic carbocycles. The zero-order valence-electron chi connectivity index (χ0n) is 13.6. The smallest absolute Gasteiger partial charge is 0.253 e. The lowest BCUT2D eigenvalue weighted by molar-refractivity contribution is 0.0915. The summed E-state index contributed by atoms with van der Waals surface area (Å²) in [5.41, 5.74) is 8.89. The molecule has 0 aromatic carbocycles. The van der Waals surface area contributed by atoms with Crippen LogP contribution in [0.5, 0.6) is 0 Å². The van der Waals surface area contributed by atoms with Crippen LogP contribution in [0, 0.1) is 19.8 Å². The van der Waals surface area contributed by atoms with Crippen molar-refractivity contribution >= 4 is 5.91 Å². The molecule has 0 bridgehead atoms. The summed E-state index contributed by atoms with van der Waals surface area (Å²) in [4.78, 5) is 12.6. The zero-order valence-corrected chi connectivity index (χ0v) is 13.6. The van der Waals surface area contributed by atoms with Crippen molar-refractivity contribution in [3.05, 3.63) is 23.0 Å². The molecule has 1 amide bonds. The number of carbonyl (C=O) groups is 1. The third-order valence-electron chi connectivity index (χ3n) is 4.92. The second kappa shape index (κ2) is 7.12. The predicted octanol–water partition coefficient (Wildman–Crippen LogP) is 2.76. The first-order chi connectivity index (χ1) is 10.1. The minimum Gasteiger partial charge on any atom is -0.349 e. The molecule has 0 spiro atoms. The maximum Gasteiger partial charge on any atom is 0.253 e. The van der Waals surface area contributed by atoms with Gasteiger partial charge in [0, 0.05) is 30.5 Å². The summed E-state index contributed by atoms with van der Waals surface area (Å²) in [6.07, 6.45) is 6.23. The van der Waals surface area contributed by atoms with Crippen molar-refractivity contribution in [3.63, 3.8) is 0 Å². The fourth-order valence-electron chi connectivity index (χ4n) is 3.67. The van der Waals surface area contributed by atoms with E-state index in [0.29, 0.717) is 12.5 Å². The lowest BCUT2D eigenvalue weighted by atomic mass is 9.84. The van der Waals surface area contributed by atoms with Gasteiger partial charge in [-0.05, 0) is 45.6 Å². The molecule has 21 heavy (non-hydrogen) atoms. The minimum atomic E-state index is 0.0313. The van der Waals surface area contributed by atoms with Crippen LogP contribution in [0.2, 0.25) is 0 Å². The highest BCUT2D eigenvalue weighted by molar-refractivity contribution is 5.95. The predicted molar refractivity (Wildman–Crippen MR) is 86.5 cm³/mol. The van der Waals surface area contributed by atoms with E-state index in [4.69, 9.17) is 5.73 Å². The van der Waals surface area contributed by atoms with Gasteiger partial charge in [-0.15, -0.1) is 0 Å². The van der Waals surface area contributed by atoms with Gasteiger partial charge in [0.1, 0.15) is 0 Å². The molecule has 0 aliphatic heterocycles. The summed E-state index contributed by atoms with van der Waals surface area (Å²) < 4.78 is 2.17. The minimum absolute atomic E-state index is 0.0313. The molecule has 118 valence electrons. The first-order valence-corrected chi connectivity index (χ1v) is 8.26. The highest BCUT2D eigenvalue weighted by atomic mass is 16.1. The molecular formula is C17H29N3O. The summed E-state index contributed by atoms with van der Waals surface area (Å²) in [7, 11) is 0. The summed E-state index contributed by atoms with van der Waals surface area (Å²) in [5, 5.41) is 3.18. The van der Waals surface area contributed by atoms with Crippen molar-refractivity contribution < 1.29 is 4.79 Å². The molecule has 0 radical (unpaired) electrons. The molecule has 1 saturated carbocycles. The SMILES string of the molecule is CCn1c(C)cc(C(=O)NC(CN)C2CCCCC2)c1C. The van der Waals surface area contributed by atoms with Crippen LogP contribution in [0.3, 0.4) is 0 Å². The molecule has 2 rings (SSSR count). The Balaban J connectivity index is 2.08. The van der Waals surface area contributed by atoms with Crippen LogP contribution < -0.4 is 11.1 Å². The summed E-state index contributed by atoms with van der Waals surface area (Å²) >= 11 is 0. The average Bonchev–Trinajstić information content (AvgIpc) is 2.79. The molecule has 1 aromatic rings. The summed E-state index contributed by atoms with van der Waals surface area (Å²) in [6.45, 7) is 7.60. The van der Waals surface area contributed by atoms with Gasteiger partial charge in [0.15, 0.2) is 0 Å². The van der Waals surface area contributed by atoms with Crippen LogP contribution in [-0.2, 0) is 6.54 Å². The van der Waals surface area contributed by atoms with Gasteiger partial charge in [-0.1, -0.05) is 19.3 Å². The van der Waals surface area contributed by atoms with Gasteiger partial charge in [-0.3, -0.25) is 4.79 Å². The third kappa shape index (κ3) is 3.49. The molecule has 1 aliphatic rings. The first-order valence-electron chi connectivity index (χ1n) is 8.26. The van der Waals surface area contributed by atoms with E-state index in [-0.39, 0.29) is 11.9 Å². The number of rotatable bonds is 5. The Bertz CT molecular complexity index is 486. The largest absolute Gasteiger partial charge is 0.349 e. The number of hydrogen-bond donors (Lipinski definition) is 2. The van der Waals surface area contributed by atoms with Crippen LogP contribution in [0.15, 0.2) is 6.07 Å². The van der Waals surface area contributed by atoms with Crippen molar-refractivity contribution in [2.45, 2.75) is 65.5 Å². The van der Waals surface area contributed by atoms with Crippen molar-refractivity contribution in [1.29, 1.82) is 0 Å². The Morgan fingerprint density at radius 2 is 2.05 bits per heavy atom. The lowest BCUT2D eigenvalue weighted by Gasteiger charge is -2.30. The molecule has 0 saturated heterocycles. The molecule has 1 aromatic heterocycles. The molecular weight excluding hydrogens is 262 g/mol. The van der Waals surface area contributed by atoms with Gasteiger partial charge in [-0.25, -0.2) is 0 Å². The molecule has 1 heterocycles. The highest BCUT2D eigenvalue weighted by Gasteiger charge is 2.25. The Hall–Kier alpha value is -1.29. The van der Waals surface area contributed by atoms with Crippen LogP contribution in [0.1, 0.15) is 60.8 Å². The lowest BCUT2D eigenvalue weighted by Crippen LogP contribution is -2.46. The summed E-state index contributed by atoms with van der Waals surface area (Å²) in [6, 6.07) is 2.10. The first kappa shape index (κ1) is 16.1. The van der Waals surface area contributed by atoms with Crippen molar-refractivity contribution in [1.82, 2.24) is 9.88 Å². The standard InChI is InChI=1S/C17H29N3O/c1-4-20-12(2)10-15(13(20)3)17(21)19-16(11-18)14-8-6-5-7-9-14/h10,14,16H,4-9,11,18H2,1-3H3,(H,19,21). The topological polar surface area (TPSA) is 60.0 Å². The monoisotopic (exact) mass is 291 g/mol. The number of nitrogens with one attached hydrogen (secondary N) is 1. The molecule has 1 atom stereocenters. The quantitative estimate of drug-likeness (QED) is 0.876. The fraction of sp³-hybridized carbons (Fsp3) is 0.706. The van der Waals surface area contributed by atoms with E-state index in [9.17, 15) is 4.79 Å². The Kier molecular flexibility index (Phi) is 5.45. The van der Waals surface area contributed by atoms with Gasteiger partial charge in [0.05, 0.1) is 5.56 Å². The zero-order chi connectivity index (χ0) is 15.4. The number of hydrogen-bond acceptors (Lipinski definition) is 2. The normalized spacial score (nSPS) is 17.7. The average molecular weight is 291 g/mol. The van der Waals surface area contributed by atoms with E-state index >= 15 is 0 Å². The summed E-state index contributed by atoms with van der Waals surface area (Å²) in [5.74, 6) is 0.575. The van der Waals surface area contributed by atoms with E-state index in [0.717, 1.165) is 23.5 Å². The van der Waals surface area contributed by atoms with Crippen molar-refractivity contribution in [2.75, 3.05) is 6.54 Å². The number of nitrogens with zero attached hydrogens (tertiary/aromatic N) is 1. The Morgan fingerprint density at radius 3 is 2.57 bits per heavy atom. The van der Waals surface area contributed by atoms with E-state index < -0.39 is 0 Å². The van der Waals surface area contributed by atoms with Gasteiger partial charge in [-0.2, -0.15) is 0 Å². The van der Waals surface area contributed by atoms with E-state index in [1.54, 1.807) is 0 Å². The van der Waals surface area contributed by atoms with Gasteiger partial charge >= 0.3 is 0 Å². The number of carbonyl (C=O) groups excluding carboxylic acids is 1.